The normalized spacial score (nSPS) is 36.6. The minimum absolute atomic E-state index is 0.0298. The lowest BCUT2D eigenvalue weighted by Gasteiger charge is -2.36. The maximum Gasteiger partial charge on any atom is 0.320 e. The van der Waals surface area contributed by atoms with Gasteiger partial charge in [0.05, 0.1) is 17.3 Å². The van der Waals surface area contributed by atoms with Crippen molar-refractivity contribution in [2.24, 2.45) is 5.41 Å². The van der Waals surface area contributed by atoms with E-state index in [0.29, 0.717) is 12.8 Å². The van der Waals surface area contributed by atoms with Gasteiger partial charge in [0.25, 0.3) is 0 Å². The van der Waals surface area contributed by atoms with E-state index in [9.17, 15) is 13.2 Å². The number of carbonyl (C=O) groups excluding carboxylic acids is 1. The number of nitrogens with zero attached hydrogens (tertiary/aromatic N) is 2. The Morgan fingerprint density at radius 2 is 1.79 bits per heavy atom. The third-order valence-corrected chi connectivity index (χ3v) is 8.74. The third-order valence-electron chi connectivity index (χ3n) is 6.66. The lowest BCUT2D eigenvalue weighted by molar-refractivity contribution is 0.173. The van der Waals surface area contributed by atoms with Crippen molar-refractivity contribution in [2.45, 2.75) is 81.7 Å². The molecule has 3 saturated carbocycles. The number of fused-ring (bicyclic) bond motifs is 1. The van der Waals surface area contributed by atoms with Crippen LogP contribution in [0.25, 0.3) is 0 Å². The molecule has 0 bridgehead atoms. The van der Waals surface area contributed by atoms with Gasteiger partial charge >= 0.3 is 6.03 Å². The number of amides is 2. The molecule has 0 spiro atoms. The topological polar surface area (TPSA) is 69.7 Å². The molecule has 1 aliphatic heterocycles. The average molecular weight is 356 g/mol. The lowest BCUT2D eigenvalue weighted by Crippen LogP contribution is -2.49. The van der Waals surface area contributed by atoms with Gasteiger partial charge in [-0.3, -0.25) is 0 Å². The van der Waals surface area contributed by atoms with E-state index in [1.807, 2.05) is 18.9 Å². The predicted octanol–water partition coefficient (Wildman–Crippen LogP) is 1.92. The van der Waals surface area contributed by atoms with Gasteiger partial charge < -0.3 is 9.80 Å². The Bertz CT molecular complexity index is 654. The standard InChI is InChI=1S/C17H29N3O3S/c1-16(6-7-16)11-20-13-5-4-12(10-14(13)19(3)15(20)21)24(22,23)18-17(2)8-9-17/h12-14,18H,4-11H2,1-3H3. The number of hydrogen-bond acceptors (Lipinski definition) is 3. The molecule has 4 aliphatic rings. The fraction of sp³-hybridized carbons (Fsp3) is 0.941. The van der Waals surface area contributed by atoms with Gasteiger partial charge in [-0.05, 0) is 57.3 Å². The van der Waals surface area contributed by atoms with Crippen molar-refractivity contribution in [1.82, 2.24) is 14.5 Å². The maximum atomic E-state index is 12.7. The first-order valence-corrected chi connectivity index (χ1v) is 10.7. The molecule has 4 rings (SSSR count). The highest BCUT2D eigenvalue weighted by molar-refractivity contribution is 7.90. The maximum absolute atomic E-state index is 12.7. The summed E-state index contributed by atoms with van der Waals surface area (Å²) in [6, 6.07) is 0.295. The van der Waals surface area contributed by atoms with Crippen LogP contribution in [-0.4, -0.2) is 60.7 Å². The van der Waals surface area contributed by atoms with E-state index < -0.39 is 10.0 Å². The van der Waals surface area contributed by atoms with Crippen LogP contribution in [0.2, 0.25) is 0 Å². The average Bonchev–Trinajstić information content (AvgIpc) is 3.41. The lowest BCUT2D eigenvalue weighted by atomic mass is 9.89. The summed E-state index contributed by atoms with van der Waals surface area (Å²) in [4.78, 5) is 16.5. The summed E-state index contributed by atoms with van der Waals surface area (Å²) >= 11 is 0. The van der Waals surface area contributed by atoms with E-state index in [0.717, 1.165) is 25.8 Å². The van der Waals surface area contributed by atoms with Gasteiger partial charge in [-0.2, -0.15) is 0 Å². The van der Waals surface area contributed by atoms with Crippen molar-refractivity contribution in [2.75, 3.05) is 13.6 Å². The highest BCUT2D eigenvalue weighted by atomic mass is 32.2. The fourth-order valence-electron chi connectivity index (χ4n) is 4.33. The quantitative estimate of drug-likeness (QED) is 0.819. The Kier molecular flexibility index (Phi) is 3.53. The van der Waals surface area contributed by atoms with Crippen LogP contribution < -0.4 is 4.72 Å². The first kappa shape index (κ1) is 16.6. The minimum atomic E-state index is -3.30. The fourth-order valence-corrected chi connectivity index (χ4v) is 6.28. The van der Waals surface area contributed by atoms with Crippen LogP contribution >= 0.6 is 0 Å². The summed E-state index contributed by atoms with van der Waals surface area (Å²) in [6.45, 7) is 5.04. The number of urea groups is 1. The molecule has 0 aromatic rings. The molecule has 6 nitrogen and oxygen atoms in total. The van der Waals surface area contributed by atoms with Crippen molar-refractivity contribution in [3.63, 3.8) is 0 Å². The number of sulfonamides is 1. The molecule has 136 valence electrons. The zero-order valence-electron chi connectivity index (χ0n) is 14.9. The summed E-state index contributed by atoms with van der Waals surface area (Å²) in [5.74, 6) is 0. The second kappa shape index (κ2) is 5.10. The Morgan fingerprint density at radius 3 is 2.38 bits per heavy atom. The summed E-state index contributed by atoms with van der Waals surface area (Å²) < 4.78 is 28.3. The molecule has 4 fully saturated rings. The molecular weight excluding hydrogens is 326 g/mol. The second-order valence-electron chi connectivity index (χ2n) is 9.11. The van der Waals surface area contributed by atoms with Gasteiger partial charge in [-0.15, -0.1) is 0 Å². The van der Waals surface area contributed by atoms with Crippen LogP contribution in [0, 0.1) is 5.41 Å². The molecule has 0 radical (unpaired) electrons. The zero-order chi connectivity index (χ0) is 17.3. The molecule has 24 heavy (non-hydrogen) atoms. The van der Waals surface area contributed by atoms with Gasteiger partial charge in [-0.25, -0.2) is 17.9 Å². The van der Waals surface area contributed by atoms with Crippen LogP contribution in [0.3, 0.4) is 0 Å². The van der Waals surface area contributed by atoms with Crippen molar-refractivity contribution in [3.05, 3.63) is 0 Å². The minimum Gasteiger partial charge on any atom is -0.323 e. The molecule has 1 saturated heterocycles. The predicted molar refractivity (Wildman–Crippen MR) is 92.1 cm³/mol. The molecule has 1 N–H and O–H groups in total. The van der Waals surface area contributed by atoms with E-state index in [-0.39, 0.29) is 34.3 Å². The smallest absolute Gasteiger partial charge is 0.320 e. The molecule has 3 aliphatic carbocycles. The van der Waals surface area contributed by atoms with Crippen LogP contribution in [-0.2, 0) is 10.0 Å². The summed E-state index contributed by atoms with van der Waals surface area (Å²) in [7, 11) is -1.47. The SMILES string of the molecule is CN1C(=O)N(CC2(C)CC2)C2CCC(S(=O)(=O)NC3(C)CC3)CC21. The monoisotopic (exact) mass is 355 g/mol. The summed E-state index contributed by atoms with van der Waals surface area (Å²) in [6.07, 6.45) is 6.24. The van der Waals surface area contributed by atoms with Crippen LogP contribution in [0.1, 0.15) is 58.8 Å². The Hall–Kier alpha value is -0.820. The van der Waals surface area contributed by atoms with Gasteiger partial charge in [0.1, 0.15) is 0 Å². The number of carbonyl (C=O) groups is 1. The van der Waals surface area contributed by atoms with Crippen molar-refractivity contribution in [3.8, 4) is 0 Å². The van der Waals surface area contributed by atoms with Crippen molar-refractivity contribution < 1.29 is 13.2 Å². The summed E-state index contributed by atoms with van der Waals surface area (Å²) in [5, 5.41) is -0.372. The molecule has 3 atom stereocenters. The Morgan fingerprint density at radius 1 is 1.12 bits per heavy atom. The van der Waals surface area contributed by atoms with E-state index in [1.165, 1.54) is 12.8 Å². The highest BCUT2D eigenvalue weighted by Gasteiger charge is 2.53. The van der Waals surface area contributed by atoms with E-state index in [2.05, 4.69) is 11.6 Å². The zero-order valence-corrected chi connectivity index (χ0v) is 15.7. The Labute approximate surface area is 145 Å². The molecular formula is C17H29N3O3S. The Balaban J connectivity index is 1.48. The number of hydrogen-bond donors (Lipinski definition) is 1. The highest BCUT2D eigenvalue weighted by Crippen LogP contribution is 2.48. The van der Waals surface area contributed by atoms with Gasteiger partial charge in [0, 0.05) is 19.1 Å². The number of rotatable bonds is 5. The summed E-state index contributed by atoms with van der Waals surface area (Å²) in [5.41, 5.74) is 0.0656. The van der Waals surface area contributed by atoms with E-state index >= 15 is 0 Å². The first-order chi connectivity index (χ1) is 11.1. The van der Waals surface area contributed by atoms with Gasteiger partial charge in [-0.1, -0.05) is 6.92 Å². The van der Waals surface area contributed by atoms with Gasteiger partial charge in [0.15, 0.2) is 0 Å². The number of nitrogens with one attached hydrogen (secondary N) is 1. The van der Waals surface area contributed by atoms with Crippen LogP contribution in [0.15, 0.2) is 0 Å². The molecule has 0 aromatic carbocycles. The molecule has 7 heteroatoms. The van der Waals surface area contributed by atoms with Crippen molar-refractivity contribution >= 4 is 16.1 Å². The van der Waals surface area contributed by atoms with Crippen LogP contribution in [0.4, 0.5) is 4.79 Å². The van der Waals surface area contributed by atoms with Gasteiger partial charge in [0.2, 0.25) is 10.0 Å². The third kappa shape index (κ3) is 2.83. The molecule has 1 heterocycles. The molecule has 2 amide bonds. The van der Waals surface area contributed by atoms with Crippen LogP contribution in [0.5, 0.6) is 0 Å². The number of likely N-dealkylation sites (N-methyl/N-ethyl adjacent to an activating group) is 1. The first-order valence-electron chi connectivity index (χ1n) is 9.19. The van der Waals surface area contributed by atoms with E-state index in [4.69, 9.17) is 0 Å². The van der Waals surface area contributed by atoms with Crippen molar-refractivity contribution in [1.29, 1.82) is 0 Å². The largest absolute Gasteiger partial charge is 0.323 e. The van der Waals surface area contributed by atoms with E-state index in [1.54, 1.807) is 4.90 Å². The molecule has 0 aromatic heterocycles. The second-order valence-corrected chi connectivity index (χ2v) is 11.1. The molecule has 3 unspecified atom stereocenters.